The number of aromatic nitrogens is 2. The van der Waals surface area contributed by atoms with Gasteiger partial charge in [0.05, 0.1) is 5.03 Å². The Balaban J connectivity index is 1.69. The van der Waals surface area contributed by atoms with Gasteiger partial charge in [0.1, 0.15) is 0 Å². The van der Waals surface area contributed by atoms with Crippen LogP contribution in [0.4, 0.5) is 5.69 Å². The fraction of sp³-hybridized carbons (Fsp3) is 0.143. The van der Waals surface area contributed by atoms with Crippen LogP contribution >= 0.6 is 22.9 Å². The summed E-state index contributed by atoms with van der Waals surface area (Å²) in [6, 6.07) is 14.6. The molecule has 8 heteroatoms. The van der Waals surface area contributed by atoms with E-state index in [4.69, 9.17) is 11.6 Å². The number of hydrogen-bond donors (Lipinski definition) is 2. The number of carbonyl (C=O) groups excluding carboxylic acids is 2. The molecule has 0 radical (unpaired) electrons. The van der Waals surface area contributed by atoms with E-state index in [2.05, 4.69) is 27.8 Å². The van der Waals surface area contributed by atoms with Crippen LogP contribution in [0.25, 0.3) is 11.1 Å². The van der Waals surface area contributed by atoms with Crippen LogP contribution in [0, 0.1) is 0 Å². The van der Waals surface area contributed by atoms with Gasteiger partial charge >= 0.3 is 0 Å². The highest BCUT2D eigenvalue weighted by molar-refractivity contribution is 7.15. The summed E-state index contributed by atoms with van der Waals surface area (Å²) in [7, 11) is 1.58. The lowest BCUT2D eigenvalue weighted by Crippen LogP contribution is -2.17. The Hall–Kier alpha value is -3.03. The smallest absolute Gasteiger partial charge is 0.286 e. The van der Waals surface area contributed by atoms with Crippen molar-refractivity contribution in [1.82, 2.24) is 15.5 Å². The fourth-order valence-electron chi connectivity index (χ4n) is 2.50. The molecular formula is C21H19ClN4O2S. The second kappa shape index (κ2) is 9.45. The maximum Gasteiger partial charge on any atom is 0.286 e. The molecule has 0 bridgehead atoms. The summed E-state index contributed by atoms with van der Waals surface area (Å²) in [6.07, 6.45) is 2.65. The normalized spacial score (nSPS) is 11.2. The van der Waals surface area contributed by atoms with Crippen LogP contribution in [0.5, 0.6) is 0 Å². The quantitative estimate of drug-likeness (QED) is 0.609. The molecule has 0 aliphatic heterocycles. The first-order valence-electron chi connectivity index (χ1n) is 8.93. The van der Waals surface area contributed by atoms with Gasteiger partial charge in [-0.3, -0.25) is 9.59 Å². The van der Waals surface area contributed by atoms with Gasteiger partial charge in [0.15, 0.2) is 5.01 Å². The summed E-state index contributed by atoms with van der Waals surface area (Å²) in [4.78, 5) is 24.0. The van der Waals surface area contributed by atoms with Gasteiger partial charge in [0, 0.05) is 18.3 Å². The SMILES string of the molecule is CCc1ccc(NC(=O)c2nnc(/C(Cl)=C/c3ccc(C(=O)NC)cc3)s2)cc1. The topological polar surface area (TPSA) is 84.0 Å². The summed E-state index contributed by atoms with van der Waals surface area (Å²) >= 11 is 7.45. The molecule has 0 aliphatic rings. The summed E-state index contributed by atoms with van der Waals surface area (Å²) in [6.45, 7) is 2.07. The molecule has 2 N–H and O–H groups in total. The minimum absolute atomic E-state index is 0.157. The van der Waals surface area contributed by atoms with Gasteiger partial charge in [0.25, 0.3) is 11.8 Å². The second-order valence-corrected chi connectivity index (χ2v) is 7.50. The molecule has 2 aromatic carbocycles. The number of anilines is 1. The van der Waals surface area contributed by atoms with Crippen molar-refractivity contribution in [2.75, 3.05) is 12.4 Å². The number of halogens is 1. The van der Waals surface area contributed by atoms with Gasteiger partial charge in [-0.25, -0.2) is 0 Å². The predicted molar refractivity (Wildman–Crippen MR) is 117 cm³/mol. The number of rotatable bonds is 6. The highest BCUT2D eigenvalue weighted by Crippen LogP contribution is 2.26. The van der Waals surface area contributed by atoms with Crippen molar-refractivity contribution in [2.45, 2.75) is 13.3 Å². The molecule has 2 amide bonds. The lowest BCUT2D eigenvalue weighted by atomic mass is 10.1. The molecule has 1 heterocycles. The Morgan fingerprint density at radius 3 is 2.28 bits per heavy atom. The molecule has 6 nitrogen and oxygen atoms in total. The number of hydrogen-bond acceptors (Lipinski definition) is 5. The van der Waals surface area contributed by atoms with Gasteiger partial charge in [-0.2, -0.15) is 0 Å². The van der Waals surface area contributed by atoms with E-state index >= 15 is 0 Å². The minimum atomic E-state index is -0.336. The first kappa shape index (κ1) is 20.7. The average Bonchev–Trinajstić information content (AvgIpc) is 3.25. The van der Waals surface area contributed by atoms with Crippen LogP contribution in [-0.2, 0) is 6.42 Å². The maximum atomic E-state index is 12.4. The molecule has 148 valence electrons. The van der Waals surface area contributed by atoms with E-state index < -0.39 is 0 Å². The van der Waals surface area contributed by atoms with Gasteiger partial charge in [-0.15, -0.1) is 10.2 Å². The van der Waals surface area contributed by atoms with Crippen LogP contribution in [-0.4, -0.2) is 29.1 Å². The zero-order valence-corrected chi connectivity index (χ0v) is 17.5. The lowest BCUT2D eigenvalue weighted by molar-refractivity contribution is 0.0962. The van der Waals surface area contributed by atoms with E-state index in [-0.39, 0.29) is 16.8 Å². The molecule has 1 aromatic heterocycles. The fourth-order valence-corrected chi connectivity index (χ4v) is 3.43. The Bertz CT molecular complexity index is 1040. The summed E-state index contributed by atoms with van der Waals surface area (Å²) in [5, 5.41) is 14.3. The summed E-state index contributed by atoms with van der Waals surface area (Å²) < 4.78 is 0. The average molecular weight is 427 g/mol. The van der Waals surface area contributed by atoms with Crippen molar-refractivity contribution >= 4 is 51.5 Å². The van der Waals surface area contributed by atoms with E-state index in [1.165, 1.54) is 5.56 Å². The molecule has 0 saturated carbocycles. The van der Waals surface area contributed by atoms with Gasteiger partial charge < -0.3 is 10.6 Å². The number of nitrogens with one attached hydrogen (secondary N) is 2. The first-order chi connectivity index (χ1) is 14.0. The van der Waals surface area contributed by atoms with E-state index in [0.717, 1.165) is 23.3 Å². The standard InChI is InChI=1S/C21H19ClN4O2S/c1-3-13-6-10-16(11-7-13)24-19(28)21-26-25-20(29-21)17(22)12-14-4-8-15(9-5-14)18(27)23-2/h4-12H,3H2,1-2H3,(H,23,27)(H,24,28)/b17-12-. The molecule has 0 saturated heterocycles. The molecule has 0 fully saturated rings. The zero-order chi connectivity index (χ0) is 20.8. The molecule has 0 aliphatic carbocycles. The van der Waals surface area contributed by atoms with Crippen LogP contribution in [0.1, 0.15) is 43.2 Å². The number of aryl methyl sites for hydroxylation is 1. The van der Waals surface area contributed by atoms with E-state index in [1.54, 1.807) is 37.4 Å². The second-order valence-electron chi connectivity index (χ2n) is 6.11. The van der Waals surface area contributed by atoms with E-state index in [1.807, 2.05) is 24.3 Å². The molecule has 0 spiro atoms. The van der Waals surface area contributed by atoms with Crippen molar-refractivity contribution in [2.24, 2.45) is 0 Å². The summed E-state index contributed by atoms with van der Waals surface area (Å²) in [5.74, 6) is -0.492. The van der Waals surface area contributed by atoms with Crippen molar-refractivity contribution in [3.8, 4) is 0 Å². The Kier molecular flexibility index (Phi) is 6.74. The van der Waals surface area contributed by atoms with Crippen LogP contribution in [0.3, 0.4) is 0 Å². The zero-order valence-electron chi connectivity index (χ0n) is 15.9. The van der Waals surface area contributed by atoms with E-state index in [9.17, 15) is 9.59 Å². The third-order valence-electron chi connectivity index (χ3n) is 4.14. The largest absolute Gasteiger partial charge is 0.355 e. The highest BCUT2D eigenvalue weighted by atomic mass is 35.5. The van der Waals surface area contributed by atoms with Crippen molar-refractivity contribution in [3.05, 3.63) is 75.2 Å². The number of amides is 2. The van der Waals surface area contributed by atoms with Crippen molar-refractivity contribution < 1.29 is 9.59 Å². The van der Waals surface area contributed by atoms with Crippen LogP contribution in [0.15, 0.2) is 48.5 Å². The van der Waals surface area contributed by atoms with Gasteiger partial charge in [-0.05, 0) is 47.9 Å². The molecule has 0 atom stereocenters. The molecule has 0 unspecified atom stereocenters. The third-order valence-corrected chi connectivity index (χ3v) is 5.49. The molecule has 29 heavy (non-hydrogen) atoms. The maximum absolute atomic E-state index is 12.4. The Labute approximate surface area is 177 Å². The van der Waals surface area contributed by atoms with Crippen LogP contribution in [0.2, 0.25) is 0 Å². The van der Waals surface area contributed by atoms with Crippen LogP contribution < -0.4 is 10.6 Å². The van der Waals surface area contributed by atoms with Gasteiger partial charge in [0.2, 0.25) is 5.01 Å². The Morgan fingerprint density at radius 1 is 1.00 bits per heavy atom. The number of benzene rings is 2. The van der Waals surface area contributed by atoms with Crippen molar-refractivity contribution in [3.63, 3.8) is 0 Å². The Morgan fingerprint density at radius 2 is 1.66 bits per heavy atom. The number of nitrogens with zero attached hydrogens (tertiary/aromatic N) is 2. The minimum Gasteiger partial charge on any atom is -0.355 e. The number of carbonyl (C=O) groups is 2. The highest BCUT2D eigenvalue weighted by Gasteiger charge is 2.15. The molecule has 3 rings (SSSR count). The van der Waals surface area contributed by atoms with Gasteiger partial charge in [-0.1, -0.05) is 54.1 Å². The lowest BCUT2D eigenvalue weighted by Gasteiger charge is -2.03. The first-order valence-corrected chi connectivity index (χ1v) is 10.1. The summed E-state index contributed by atoms with van der Waals surface area (Å²) in [5.41, 5.74) is 3.26. The van der Waals surface area contributed by atoms with Crippen molar-refractivity contribution in [1.29, 1.82) is 0 Å². The predicted octanol–water partition coefficient (Wildman–Crippen LogP) is 4.45. The molecular weight excluding hydrogens is 408 g/mol. The van der Waals surface area contributed by atoms with E-state index in [0.29, 0.717) is 21.3 Å². The third kappa shape index (κ3) is 5.28. The monoisotopic (exact) mass is 426 g/mol. The molecule has 3 aromatic rings.